The third-order valence-corrected chi connectivity index (χ3v) is 6.22. The summed E-state index contributed by atoms with van der Waals surface area (Å²) in [6.45, 7) is 1.54. The molecule has 1 atom stereocenters. The van der Waals surface area contributed by atoms with Gasteiger partial charge in [-0.3, -0.25) is 14.8 Å². The molecule has 12 heteroatoms. The van der Waals surface area contributed by atoms with Crippen molar-refractivity contribution in [3.8, 4) is 11.5 Å². The molecule has 0 radical (unpaired) electrons. The second-order valence-corrected chi connectivity index (χ2v) is 8.98. The first-order valence-electron chi connectivity index (χ1n) is 10.2. The number of hydrogen-bond donors (Lipinski definition) is 1. The highest BCUT2D eigenvalue weighted by atomic mass is 32.2. The van der Waals surface area contributed by atoms with Gasteiger partial charge in [0.05, 0.1) is 15.4 Å². The predicted molar refractivity (Wildman–Crippen MR) is 124 cm³/mol. The Morgan fingerprint density at radius 1 is 1.00 bits per heavy atom. The van der Waals surface area contributed by atoms with E-state index in [0.29, 0.717) is 11.3 Å². The van der Waals surface area contributed by atoms with Crippen molar-refractivity contribution in [3.63, 3.8) is 0 Å². The Bertz CT molecular complexity index is 1450. The van der Waals surface area contributed by atoms with Crippen molar-refractivity contribution in [3.05, 3.63) is 100 Å². The number of rotatable bonds is 8. The molecule has 0 saturated carbocycles. The number of hydrogen-bond acceptors (Lipinski definition) is 9. The average Bonchev–Trinajstić information content (AvgIpc) is 3.35. The molecular weight excluding hydrogens is 476 g/mol. The summed E-state index contributed by atoms with van der Waals surface area (Å²) in [4.78, 5) is 22.8. The van der Waals surface area contributed by atoms with E-state index in [1.54, 1.807) is 30.3 Å². The summed E-state index contributed by atoms with van der Waals surface area (Å²) in [6, 6.07) is 19.2. The van der Waals surface area contributed by atoms with Gasteiger partial charge in [0.1, 0.15) is 0 Å². The van der Waals surface area contributed by atoms with Gasteiger partial charge in [0.25, 0.3) is 21.6 Å². The van der Waals surface area contributed by atoms with E-state index in [1.165, 1.54) is 55.5 Å². The van der Waals surface area contributed by atoms with Crippen molar-refractivity contribution in [1.29, 1.82) is 0 Å². The van der Waals surface area contributed by atoms with Crippen LogP contribution in [0.2, 0.25) is 0 Å². The molecule has 0 bridgehead atoms. The summed E-state index contributed by atoms with van der Waals surface area (Å²) in [5, 5.41) is 18.5. The number of sulfonamides is 1. The van der Waals surface area contributed by atoms with Crippen molar-refractivity contribution in [2.24, 2.45) is 0 Å². The molecule has 0 aliphatic rings. The molecule has 4 aromatic rings. The number of non-ortho nitro benzene ring substituents is 1. The molecule has 0 saturated heterocycles. The summed E-state index contributed by atoms with van der Waals surface area (Å²) in [7, 11) is -3.83. The smallest absolute Gasteiger partial charge is 0.338 e. The molecule has 1 aromatic heterocycles. The van der Waals surface area contributed by atoms with Crippen LogP contribution in [0.5, 0.6) is 0 Å². The minimum atomic E-state index is -3.83. The minimum Gasteiger partial charge on any atom is -0.449 e. The average molecular weight is 494 g/mol. The first-order valence-corrected chi connectivity index (χ1v) is 11.7. The summed E-state index contributed by atoms with van der Waals surface area (Å²) < 4.78 is 38.4. The van der Waals surface area contributed by atoms with Crippen LogP contribution in [0.3, 0.4) is 0 Å². The van der Waals surface area contributed by atoms with E-state index in [4.69, 9.17) is 9.15 Å². The number of anilines is 1. The Balaban J connectivity index is 1.41. The number of carbonyl (C=O) groups is 1. The molecule has 3 aromatic carbocycles. The number of para-hydroxylation sites is 1. The second-order valence-electron chi connectivity index (χ2n) is 7.29. The second kappa shape index (κ2) is 9.73. The number of nitro benzene ring substituents is 1. The molecule has 1 unspecified atom stereocenters. The predicted octanol–water partition coefficient (Wildman–Crippen LogP) is 4.36. The maximum atomic E-state index is 12.5. The van der Waals surface area contributed by atoms with Crippen molar-refractivity contribution in [1.82, 2.24) is 10.2 Å². The molecule has 0 fully saturated rings. The van der Waals surface area contributed by atoms with Crippen LogP contribution >= 0.6 is 0 Å². The van der Waals surface area contributed by atoms with E-state index in [0.717, 1.165) is 0 Å². The molecule has 178 valence electrons. The zero-order chi connectivity index (χ0) is 25.0. The van der Waals surface area contributed by atoms with Gasteiger partial charge in [0, 0.05) is 23.4 Å². The molecule has 0 amide bonds. The van der Waals surface area contributed by atoms with Crippen LogP contribution < -0.4 is 4.72 Å². The highest BCUT2D eigenvalue weighted by molar-refractivity contribution is 7.92. The SMILES string of the molecule is CC(OC(=O)c1ccc(S(=O)(=O)Nc2ccccc2)cc1)c1nnc(-c2ccc([N+](=O)[O-])cc2)o1. The maximum Gasteiger partial charge on any atom is 0.338 e. The summed E-state index contributed by atoms with van der Waals surface area (Å²) in [5.41, 5.74) is 0.933. The van der Waals surface area contributed by atoms with Crippen molar-refractivity contribution in [2.75, 3.05) is 4.72 Å². The fourth-order valence-corrected chi connectivity index (χ4v) is 4.07. The van der Waals surface area contributed by atoms with Crippen molar-refractivity contribution < 1.29 is 27.3 Å². The molecule has 0 spiro atoms. The van der Waals surface area contributed by atoms with Crippen molar-refractivity contribution >= 4 is 27.4 Å². The monoisotopic (exact) mass is 494 g/mol. The van der Waals surface area contributed by atoms with Crippen LogP contribution in [0.25, 0.3) is 11.5 Å². The lowest BCUT2D eigenvalue weighted by atomic mass is 10.2. The number of carbonyl (C=O) groups excluding carboxylic acids is 1. The van der Waals surface area contributed by atoms with Crippen LogP contribution in [-0.4, -0.2) is 29.5 Å². The van der Waals surface area contributed by atoms with Gasteiger partial charge in [-0.05, 0) is 55.5 Å². The van der Waals surface area contributed by atoms with Gasteiger partial charge in [-0.2, -0.15) is 0 Å². The van der Waals surface area contributed by atoms with Gasteiger partial charge in [-0.15, -0.1) is 10.2 Å². The number of ether oxygens (including phenoxy) is 1. The third kappa shape index (κ3) is 5.50. The quantitative estimate of drug-likeness (QED) is 0.214. The number of esters is 1. The third-order valence-electron chi connectivity index (χ3n) is 4.82. The molecule has 11 nitrogen and oxygen atoms in total. The number of nitrogens with zero attached hydrogens (tertiary/aromatic N) is 3. The normalized spacial score (nSPS) is 12.0. The summed E-state index contributed by atoms with van der Waals surface area (Å²) >= 11 is 0. The lowest BCUT2D eigenvalue weighted by molar-refractivity contribution is -0.384. The Morgan fingerprint density at radius 2 is 1.66 bits per heavy atom. The van der Waals surface area contributed by atoms with Gasteiger partial charge in [0.2, 0.25) is 5.89 Å². The molecule has 1 N–H and O–H groups in total. The number of aromatic nitrogens is 2. The first kappa shape index (κ1) is 23.6. The van der Waals surface area contributed by atoms with Crippen LogP contribution in [0.15, 0.2) is 88.2 Å². The van der Waals surface area contributed by atoms with Crippen LogP contribution in [0, 0.1) is 10.1 Å². The van der Waals surface area contributed by atoms with Crippen LogP contribution in [0.1, 0.15) is 29.3 Å². The van der Waals surface area contributed by atoms with E-state index in [9.17, 15) is 23.3 Å². The van der Waals surface area contributed by atoms with E-state index in [1.807, 2.05) is 0 Å². The fraction of sp³-hybridized carbons (Fsp3) is 0.0870. The topological polar surface area (TPSA) is 155 Å². The lowest BCUT2D eigenvalue weighted by Gasteiger charge is -2.11. The number of nitrogens with one attached hydrogen (secondary N) is 1. The molecule has 0 aliphatic carbocycles. The van der Waals surface area contributed by atoms with Crippen LogP contribution in [-0.2, 0) is 14.8 Å². The summed E-state index contributed by atoms with van der Waals surface area (Å²) in [5.74, 6) is -0.580. The van der Waals surface area contributed by atoms with Crippen LogP contribution in [0.4, 0.5) is 11.4 Å². The Kier molecular flexibility index (Phi) is 6.55. The van der Waals surface area contributed by atoms with E-state index < -0.39 is 27.0 Å². The summed E-state index contributed by atoms with van der Waals surface area (Å²) in [6.07, 6.45) is -0.898. The van der Waals surface area contributed by atoms with Crippen molar-refractivity contribution in [2.45, 2.75) is 17.9 Å². The molecule has 35 heavy (non-hydrogen) atoms. The largest absolute Gasteiger partial charge is 0.449 e. The van der Waals surface area contributed by atoms with E-state index in [2.05, 4.69) is 14.9 Å². The lowest BCUT2D eigenvalue weighted by Crippen LogP contribution is -2.14. The van der Waals surface area contributed by atoms with Gasteiger partial charge in [-0.1, -0.05) is 18.2 Å². The minimum absolute atomic E-state index is 0.0180. The van der Waals surface area contributed by atoms with E-state index in [-0.39, 0.29) is 27.9 Å². The fourth-order valence-electron chi connectivity index (χ4n) is 3.01. The first-order chi connectivity index (χ1) is 16.7. The zero-order valence-electron chi connectivity index (χ0n) is 18.2. The highest BCUT2D eigenvalue weighted by Gasteiger charge is 2.21. The van der Waals surface area contributed by atoms with Gasteiger partial charge in [-0.25, -0.2) is 13.2 Å². The Labute approximate surface area is 199 Å². The molecule has 4 rings (SSSR count). The van der Waals surface area contributed by atoms with Gasteiger partial charge >= 0.3 is 5.97 Å². The van der Waals surface area contributed by atoms with Gasteiger partial charge < -0.3 is 9.15 Å². The standard InChI is InChI=1S/C23H18N4O7S/c1-15(21-24-25-22(34-21)16-7-11-19(12-8-16)27(29)30)33-23(28)17-9-13-20(14-10-17)35(31,32)26-18-5-3-2-4-6-18/h2-15,26H,1H3. The molecular formula is C23H18N4O7S. The Hall–Kier alpha value is -4.58. The highest BCUT2D eigenvalue weighted by Crippen LogP contribution is 2.25. The van der Waals surface area contributed by atoms with E-state index >= 15 is 0 Å². The Morgan fingerprint density at radius 3 is 2.29 bits per heavy atom. The maximum absolute atomic E-state index is 12.5. The van der Waals surface area contributed by atoms with Gasteiger partial charge in [0.15, 0.2) is 6.10 Å². The number of benzene rings is 3. The molecule has 1 heterocycles. The molecule has 0 aliphatic heterocycles. The zero-order valence-corrected chi connectivity index (χ0v) is 19.0. The number of nitro groups is 1.